The van der Waals surface area contributed by atoms with E-state index >= 15 is 0 Å². The fraction of sp³-hybridized carbons (Fsp3) is 0.600. The highest BCUT2D eigenvalue weighted by molar-refractivity contribution is 8.00. The van der Waals surface area contributed by atoms with Crippen LogP contribution in [0, 0.1) is 0 Å². The molecular weight excluding hydrogens is 274 g/mol. The van der Waals surface area contributed by atoms with Crippen LogP contribution in [0.15, 0.2) is 17.1 Å². The Morgan fingerprint density at radius 2 is 2.32 bits per heavy atom. The number of aromatic nitrogens is 2. The van der Waals surface area contributed by atoms with Crippen molar-refractivity contribution in [2.24, 2.45) is 0 Å². The van der Waals surface area contributed by atoms with Gasteiger partial charge in [-0.15, -0.1) is 11.8 Å². The maximum absolute atomic E-state index is 11.8. The number of nitrogens with zero attached hydrogens (tertiary/aromatic N) is 2. The average Bonchev–Trinajstić information content (AvgIpc) is 2.61. The third-order valence-electron chi connectivity index (χ3n) is 3.21. The van der Waals surface area contributed by atoms with Gasteiger partial charge in [0.1, 0.15) is 17.1 Å². The molecule has 106 valence electrons. The molecule has 1 aliphatic rings. The molecule has 1 aromatic rings. The Balaban J connectivity index is 2.36. The first-order valence-corrected chi connectivity index (χ1v) is 6.52. The Hall–Kier alpha value is -1.13. The van der Waals surface area contributed by atoms with Gasteiger partial charge in [0.05, 0.1) is 11.9 Å². The van der Waals surface area contributed by atoms with E-state index in [4.69, 9.17) is 5.21 Å². The summed E-state index contributed by atoms with van der Waals surface area (Å²) in [5.41, 5.74) is -0.429. The number of aliphatic hydroxyl groups excluding tert-OH is 2. The molecule has 1 saturated heterocycles. The van der Waals surface area contributed by atoms with Crippen LogP contribution in [0.3, 0.4) is 0 Å². The van der Waals surface area contributed by atoms with Crippen LogP contribution in [-0.4, -0.2) is 53.6 Å². The standard InChI is InChI=1S/C10H15N3O5S/c1-10(17)5(4-14)19-8(7(10)15)13-3-2-6(12-18)11-9(13)16/h2-3,5,7-8,14-15,17-18H,4H2,1H3,(H,11,12,16)/t5-,7-,8-,10?/m1/s1. The molecule has 0 bridgehead atoms. The van der Waals surface area contributed by atoms with Crippen LogP contribution >= 0.6 is 11.8 Å². The molecule has 19 heavy (non-hydrogen) atoms. The number of hydrogen-bond donors (Lipinski definition) is 5. The molecule has 1 aliphatic heterocycles. The zero-order valence-corrected chi connectivity index (χ0v) is 10.9. The second-order valence-electron chi connectivity index (χ2n) is 4.48. The first kappa shape index (κ1) is 14.3. The van der Waals surface area contributed by atoms with Gasteiger partial charge in [0.15, 0.2) is 5.82 Å². The molecule has 2 heterocycles. The first-order valence-electron chi connectivity index (χ1n) is 5.58. The van der Waals surface area contributed by atoms with Gasteiger partial charge < -0.3 is 15.3 Å². The van der Waals surface area contributed by atoms with E-state index in [2.05, 4.69) is 4.98 Å². The van der Waals surface area contributed by atoms with Crippen molar-refractivity contribution >= 4 is 17.6 Å². The van der Waals surface area contributed by atoms with Crippen molar-refractivity contribution in [1.29, 1.82) is 0 Å². The molecule has 1 fully saturated rings. The van der Waals surface area contributed by atoms with Crippen molar-refractivity contribution in [3.63, 3.8) is 0 Å². The molecular formula is C10H15N3O5S. The van der Waals surface area contributed by atoms with E-state index in [0.29, 0.717) is 0 Å². The molecule has 0 amide bonds. The van der Waals surface area contributed by atoms with Crippen LogP contribution in [0.5, 0.6) is 0 Å². The Kier molecular flexibility index (Phi) is 3.83. The van der Waals surface area contributed by atoms with Gasteiger partial charge in [-0.25, -0.2) is 4.79 Å². The lowest BCUT2D eigenvalue weighted by molar-refractivity contribution is -0.0663. The minimum Gasteiger partial charge on any atom is -0.395 e. The third kappa shape index (κ3) is 2.35. The smallest absolute Gasteiger partial charge is 0.350 e. The zero-order valence-electron chi connectivity index (χ0n) is 10.1. The van der Waals surface area contributed by atoms with Crippen LogP contribution in [0.4, 0.5) is 5.82 Å². The monoisotopic (exact) mass is 289 g/mol. The Bertz CT molecular complexity index is 520. The normalized spacial score (nSPS) is 34.5. The van der Waals surface area contributed by atoms with Gasteiger partial charge in [0, 0.05) is 6.20 Å². The van der Waals surface area contributed by atoms with Crippen LogP contribution in [-0.2, 0) is 0 Å². The number of nitrogens with one attached hydrogen (secondary N) is 1. The molecule has 0 spiro atoms. The summed E-state index contributed by atoms with van der Waals surface area (Å²) in [6.45, 7) is 1.09. The van der Waals surface area contributed by atoms with Crippen molar-refractivity contribution in [3.8, 4) is 0 Å². The summed E-state index contributed by atoms with van der Waals surface area (Å²) in [6.07, 6.45) is 0.132. The number of thioether (sulfide) groups is 1. The molecule has 0 radical (unpaired) electrons. The maximum atomic E-state index is 11.8. The van der Waals surface area contributed by atoms with E-state index in [0.717, 1.165) is 16.3 Å². The topological polar surface area (TPSA) is 128 Å². The van der Waals surface area contributed by atoms with E-state index < -0.39 is 28.0 Å². The van der Waals surface area contributed by atoms with Gasteiger partial charge in [-0.2, -0.15) is 4.98 Å². The summed E-state index contributed by atoms with van der Waals surface area (Å²) < 4.78 is 1.15. The third-order valence-corrected chi connectivity index (χ3v) is 4.93. The number of hydrogen-bond acceptors (Lipinski definition) is 8. The number of aliphatic hydroxyl groups is 3. The molecule has 0 aliphatic carbocycles. The zero-order chi connectivity index (χ0) is 14.2. The minimum atomic E-state index is -1.50. The van der Waals surface area contributed by atoms with Crippen LogP contribution in [0.2, 0.25) is 0 Å². The first-order chi connectivity index (χ1) is 8.91. The van der Waals surface area contributed by atoms with Gasteiger partial charge in [-0.1, -0.05) is 0 Å². The van der Waals surface area contributed by atoms with E-state index in [9.17, 15) is 20.1 Å². The van der Waals surface area contributed by atoms with Crippen molar-refractivity contribution in [2.75, 3.05) is 12.1 Å². The second-order valence-corrected chi connectivity index (χ2v) is 5.81. The quantitative estimate of drug-likeness (QED) is 0.437. The highest BCUT2D eigenvalue weighted by Gasteiger charge is 2.52. The van der Waals surface area contributed by atoms with Crippen molar-refractivity contribution in [2.45, 2.75) is 29.3 Å². The summed E-state index contributed by atoms with van der Waals surface area (Å²) in [4.78, 5) is 15.3. The lowest BCUT2D eigenvalue weighted by Crippen LogP contribution is -2.46. The van der Waals surface area contributed by atoms with Gasteiger partial charge in [-0.05, 0) is 13.0 Å². The summed E-state index contributed by atoms with van der Waals surface area (Å²) in [5.74, 6) is -0.01000. The largest absolute Gasteiger partial charge is 0.395 e. The van der Waals surface area contributed by atoms with Crippen molar-refractivity contribution in [3.05, 3.63) is 22.7 Å². The molecule has 0 saturated carbocycles. The number of rotatable bonds is 3. The van der Waals surface area contributed by atoms with E-state index in [-0.39, 0.29) is 12.4 Å². The predicted molar refractivity (Wildman–Crippen MR) is 68.0 cm³/mol. The lowest BCUT2D eigenvalue weighted by Gasteiger charge is -2.26. The SMILES string of the molecule is CC1(O)[C@H](O)[C@H](n2ccc(NO)nc2=O)S[C@@H]1CO. The van der Waals surface area contributed by atoms with Gasteiger partial charge in [0.25, 0.3) is 0 Å². The van der Waals surface area contributed by atoms with E-state index in [1.165, 1.54) is 19.2 Å². The molecule has 9 heteroatoms. The van der Waals surface area contributed by atoms with Crippen molar-refractivity contribution in [1.82, 2.24) is 9.55 Å². The predicted octanol–water partition coefficient (Wildman–Crippen LogP) is -1.24. The fourth-order valence-electron chi connectivity index (χ4n) is 1.97. The van der Waals surface area contributed by atoms with Gasteiger partial charge in [0.2, 0.25) is 0 Å². The minimum absolute atomic E-state index is 0.01000. The maximum Gasteiger partial charge on any atom is 0.350 e. The van der Waals surface area contributed by atoms with Crippen molar-refractivity contribution < 1.29 is 20.5 Å². The average molecular weight is 289 g/mol. The summed E-state index contributed by atoms with van der Waals surface area (Å²) in [5, 5.41) is 36.7. The molecule has 1 unspecified atom stereocenters. The molecule has 4 atom stereocenters. The Labute approximate surface area is 112 Å². The highest BCUT2D eigenvalue weighted by Crippen LogP contribution is 2.46. The van der Waals surface area contributed by atoms with E-state index in [1.54, 1.807) is 5.48 Å². The Morgan fingerprint density at radius 3 is 2.79 bits per heavy atom. The highest BCUT2D eigenvalue weighted by atomic mass is 32.2. The molecule has 0 aromatic carbocycles. The molecule has 1 aromatic heterocycles. The summed E-state index contributed by atoms with van der Waals surface area (Å²) >= 11 is 1.10. The van der Waals surface area contributed by atoms with Gasteiger partial charge >= 0.3 is 5.69 Å². The molecule has 5 N–H and O–H groups in total. The molecule has 2 rings (SSSR count). The molecule has 8 nitrogen and oxygen atoms in total. The van der Waals surface area contributed by atoms with Crippen LogP contribution in [0.1, 0.15) is 12.3 Å². The van der Waals surface area contributed by atoms with E-state index in [1.807, 2.05) is 0 Å². The summed E-state index contributed by atoms with van der Waals surface area (Å²) in [7, 11) is 0. The fourth-order valence-corrected chi connectivity index (χ4v) is 3.53. The van der Waals surface area contributed by atoms with Gasteiger partial charge in [-0.3, -0.25) is 15.3 Å². The Morgan fingerprint density at radius 1 is 1.63 bits per heavy atom. The van der Waals surface area contributed by atoms with Crippen LogP contribution in [0.25, 0.3) is 0 Å². The van der Waals surface area contributed by atoms with Crippen LogP contribution < -0.4 is 11.2 Å². The number of anilines is 1. The lowest BCUT2D eigenvalue weighted by atomic mass is 9.95. The summed E-state index contributed by atoms with van der Waals surface area (Å²) in [6, 6.07) is 1.36. The second kappa shape index (κ2) is 5.10.